The van der Waals surface area contributed by atoms with Crippen LogP contribution in [0, 0.1) is 6.92 Å². The number of aryl methyl sites for hydroxylation is 1. The maximum atomic E-state index is 4.62. The van der Waals surface area contributed by atoms with Crippen molar-refractivity contribution < 1.29 is 0 Å². The molecule has 0 saturated heterocycles. The van der Waals surface area contributed by atoms with E-state index in [9.17, 15) is 0 Å². The fourth-order valence-electron chi connectivity index (χ4n) is 1.88. The minimum atomic E-state index is 0.973. The minimum absolute atomic E-state index is 0.973. The molecule has 3 aromatic rings. The quantitative estimate of drug-likeness (QED) is 0.687. The van der Waals surface area contributed by atoms with E-state index in [1.807, 2.05) is 31.2 Å². The SMILES string of the molecule is Cc1cc2ccccc2c(Sc2ccccn2)n1. The summed E-state index contributed by atoms with van der Waals surface area (Å²) in [6, 6.07) is 16.3. The van der Waals surface area contributed by atoms with Gasteiger partial charge in [0.1, 0.15) is 10.1 Å². The van der Waals surface area contributed by atoms with Gasteiger partial charge in [-0.25, -0.2) is 9.97 Å². The third-order valence-corrected chi connectivity index (χ3v) is 3.63. The van der Waals surface area contributed by atoms with Gasteiger partial charge in [-0.1, -0.05) is 30.3 Å². The number of fused-ring (bicyclic) bond motifs is 1. The summed E-state index contributed by atoms with van der Waals surface area (Å²) in [6.07, 6.45) is 1.81. The number of pyridine rings is 2. The molecule has 0 bridgehead atoms. The zero-order valence-electron chi connectivity index (χ0n) is 10.00. The van der Waals surface area contributed by atoms with Crippen LogP contribution in [-0.4, -0.2) is 9.97 Å². The second-order valence-electron chi connectivity index (χ2n) is 4.06. The molecule has 0 radical (unpaired) electrons. The van der Waals surface area contributed by atoms with Crippen LogP contribution in [-0.2, 0) is 0 Å². The van der Waals surface area contributed by atoms with Gasteiger partial charge in [0.25, 0.3) is 0 Å². The van der Waals surface area contributed by atoms with E-state index >= 15 is 0 Å². The molecule has 2 heterocycles. The van der Waals surface area contributed by atoms with Gasteiger partial charge >= 0.3 is 0 Å². The van der Waals surface area contributed by atoms with E-state index < -0.39 is 0 Å². The largest absolute Gasteiger partial charge is 0.250 e. The Bertz CT molecular complexity index is 680. The van der Waals surface area contributed by atoms with Crippen LogP contribution in [0.2, 0.25) is 0 Å². The normalized spacial score (nSPS) is 10.7. The third-order valence-electron chi connectivity index (χ3n) is 2.67. The number of aromatic nitrogens is 2. The molecule has 0 saturated carbocycles. The van der Waals surface area contributed by atoms with Crippen molar-refractivity contribution in [3.05, 3.63) is 60.4 Å². The van der Waals surface area contributed by atoms with Crippen LogP contribution < -0.4 is 0 Å². The van der Waals surface area contributed by atoms with E-state index in [0.717, 1.165) is 15.7 Å². The van der Waals surface area contributed by atoms with Crippen LogP contribution >= 0.6 is 11.8 Å². The van der Waals surface area contributed by atoms with Gasteiger partial charge in [0.05, 0.1) is 0 Å². The van der Waals surface area contributed by atoms with Crippen molar-refractivity contribution in [2.24, 2.45) is 0 Å². The summed E-state index contributed by atoms with van der Waals surface area (Å²) in [7, 11) is 0. The van der Waals surface area contributed by atoms with E-state index in [1.165, 1.54) is 10.8 Å². The second kappa shape index (κ2) is 4.78. The molecule has 18 heavy (non-hydrogen) atoms. The summed E-state index contributed by atoms with van der Waals surface area (Å²) >= 11 is 1.61. The Morgan fingerprint density at radius 2 is 1.83 bits per heavy atom. The average molecular weight is 252 g/mol. The average Bonchev–Trinajstić information content (AvgIpc) is 2.40. The van der Waals surface area contributed by atoms with Crippen molar-refractivity contribution in [1.29, 1.82) is 0 Å². The highest BCUT2D eigenvalue weighted by Gasteiger charge is 2.06. The van der Waals surface area contributed by atoms with Gasteiger partial charge in [-0.05, 0) is 42.3 Å². The molecular weight excluding hydrogens is 240 g/mol. The summed E-state index contributed by atoms with van der Waals surface area (Å²) in [5.41, 5.74) is 1.03. The second-order valence-corrected chi connectivity index (χ2v) is 5.07. The monoisotopic (exact) mass is 252 g/mol. The Labute approximate surface area is 110 Å². The molecule has 0 amide bonds. The molecular formula is C15H12N2S. The highest BCUT2D eigenvalue weighted by atomic mass is 32.2. The zero-order chi connectivity index (χ0) is 12.4. The molecule has 3 rings (SSSR count). The molecule has 1 aromatic carbocycles. The highest BCUT2D eigenvalue weighted by molar-refractivity contribution is 7.99. The lowest BCUT2D eigenvalue weighted by Crippen LogP contribution is -1.88. The van der Waals surface area contributed by atoms with Crippen molar-refractivity contribution in [3.63, 3.8) is 0 Å². The molecule has 3 heteroatoms. The number of nitrogens with zero attached hydrogens (tertiary/aromatic N) is 2. The van der Waals surface area contributed by atoms with Crippen LogP contribution in [0.3, 0.4) is 0 Å². The first-order chi connectivity index (χ1) is 8.83. The van der Waals surface area contributed by atoms with Gasteiger partial charge in [-0.3, -0.25) is 0 Å². The van der Waals surface area contributed by atoms with Crippen molar-refractivity contribution in [3.8, 4) is 0 Å². The van der Waals surface area contributed by atoms with Crippen LogP contribution in [0.4, 0.5) is 0 Å². The molecule has 2 aromatic heterocycles. The Morgan fingerprint density at radius 3 is 2.67 bits per heavy atom. The Hall–Kier alpha value is -1.87. The van der Waals surface area contributed by atoms with Crippen LogP contribution in [0.1, 0.15) is 5.69 Å². The van der Waals surface area contributed by atoms with Gasteiger partial charge in [0.15, 0.2) is 0 Å². The maximum Gasteiger partial charge on any atom is 0.110 e. The molecule has 0 unspecified atom stereocenters. The summed E-state index contributed by atoms with van der Waals surface area (Å²) in [4.78, 5) is 8.95. The fourth-order valence-corrected chi connectivity index (χ4v) is 2.82. The van der Waals surface area contributed by atoms with E-state index in [-0.39, 0.29) is 0 Å². The highest BCUT2D eigenvalue weighted by Crippen LogP contribution is 2.30. The lowest BCUT2D eigenvalue weighted by molar-refractivity contribution is 1.08. The first-order valence-corrected chi connectivity index (χ1v) is 6.60. The van der Waals surface area contributed by atoms with E-state index in [1.54, 1.807) is 18.0 Å². The molecule has 2 nitrogen and oxygen atoms in total. The molecule has 88 valence electrons. The van der Waals surface area contributed by atoms with Crippen molar-refractivity contribution in [2.45, 2.75) is 17.0 Å². The van der Waals surface area contributed by atoms with Gasteiger partial charge in [-0.2, -0.15) is 0 Å². The maximum absolute atomic E-state index is 4.62. The summed E-state index contributed by atoms with van der Waals surface area (Å²) in [6.45, 7) is 2.02. The summed E-state index contributed by atoms with van der Waals surface area (Å²) in [5.74, 6) is 0. The fraction of sp³-hybridized carbons (Fsp3) is 0.0667. The van der Waals surface area contributed by atoms with Crippen LogP contribution in [0.25, 0.3) is 10.8 Å². The van der Waals surface area contributed by atoms with Gasteiger partial charge < -0.3 is 0 Å². The first kappa shape index (κ1) is 11.2. The predicted molar refractivity (Wildman–Crippen MR) is 74.8 cm³/mol. The zero-order valence-corrected chi connectivity index (χ0v) is 10.8. The number of hydrogen-bond acceptors (Lipinski definition) is 3. The minimum Gasteiger partial charge on any atom is -0.250 e. The molecule has 0 spiro atoms. The molecule has 0 fully saturated rings. The molecule has 0 aliphatic rings. The standard InChI is InChI=1S/C15H12N2S/c1-11-10-12-6-2-3-7-13(12)15(17-11)18-14-8-4-5-9-16-14/h2-10H,1H3. The Kier molecular flexibility index (Phi) is 2.99. The van der Waals surface area contributed by atoms with Crippen molar-refractivity contribution in [1.82, 2.24) is 9.97 Å². The molecule has 0 aliphatic carbocycles. The smallest absolute Gasteiger partial charge is 0.110 e. The van der Waals surface area contributed by atoms with Crippen molar-refractivity contribution in [2.75, 3.05) is 0 Å². The number of hydrogen-bond donors (Lipinski definition) is 0. The number of benzene rings is 1. The summed E-state index contributed by atoms with van der Waals surface area (Å²) < 4.78 is 0. The van der Waals surface area contributed by atoms with Gasteiger partial charge in [-0.15, -0.1) is 0 Å². The lowest BCUT2D eigenvalue weighted by atomic mass is 10.1. The van der Waals surface area contributed by atoms with Gasteiger partial charge in [0.2, 0.25) is 0 Å². The van der Waals surface area contributed by atoms with E-state index in [2.05, 4.69) is 34.2 Å². The Balaban J connectivity index is 2.11. The lowest BCUT2D eigenvalue weighted by Gasteiger charge is -2.06. The predicted octanol–water partition coefficient (Wildman–Crippen LogP) is 4.09. The van der Waals surface area contributed by atoms with E-state index in [4.69, 9.17) is 0 Å². The topological polar surface area (TPSA) is 25.8 Å². The molecule has 0 aliphatic heterocycles. The molecule has 0 atom stereocenters. The molecule has 0 N–H and O–H groups in total. The van der Waals surface area contributed by atoms with E-state index in [0.29, 0.717) is 0 Å². The third kappa shape index (κ3) is 2.22. The van der Waals surface area contributed by atoms with Crippen LogP contribution in [0.5, 0.6) is 0 Å². The van der Waals surface area contributed by atoms with Crippen LogP contribution in [0.15, 0.2) is 64.8 Å². The summed E-state index contributed by atoms with van der Waals surface area (Å²) in [5, 5.41) is 4.40. The Morgan fingerprint density at radius 1 is 1.00 bits per heavy atom. The first-order valence-electron chi connectivity index (χ1n) is 5.78. The van der Waals surface area contributed by atoms with Crippen molar-refractivity contribution >= 4 is 22.5 Å². The number of rotatable bonds is 2. The van der Waals surface area contributed by atoms with Gasteiger partial charge in [0, 0.05) is 17.3 Å².